The summed E-state index contributed by atoms with van der Waals surface area (Å²) in [6, 6.07) is 5.68. The topological polar surface area (TPSA) is 61.4 Å². The standard InChI is InChI=1S/C16H22FN3O2/c1-20(16(22)6-5-12-7-8-18-10-12)11-15(21)19-14-4-2-3-13(17)9-14/h2-4,9,12,18H,5-8,10-11H2,1H3,(H,19,21). The van der Waals surface area contributed by atoms with Gasteiger partial charge in [0, 0.05) is 19.2 Å². The van der Waals surface area contributed by atoms with Crippen molar-refractivity contribution in [3.05, 3.63) is 30.1 Å². The van der Waals surface area contributed by atoms with Crippen LogP contribution in [0, 0.1) is 11.7 Å². The lowest BCUT2D eigenvalue weighted by Crippen LogP contribution is -2.35. The van der Waals surface area contributed by atoms with E-state index in [0.29, 0.717) is 18.0 Å². The number of hydrogen-bond acceptors (Lipinski definition) is 3. The summed E-state index contributed by atoms with van der Waals surface area (Å²) in [5, 5.41) is 5.85. The summed E-state index contributed by atoms with van der Waals surface area (Å²) >= 11 is 0. The number of carbonyl (C=O) groups is 2. The van der Waals surface area contributed by atoms with Crippen molar-refractivity contribution in [3.8, 4) is 0 Å². The van der Waals surface area contributed by atoms with E-state index in [1.54, 1.807) is 13.1 Å². The van der Waals surface area contributed by atoms with Crippen molar-refractivity contribution >= 4 is 17.5 Å². The Kier molecular flexibility index (Phi) is 5.89. The quantitative estimate of drug-likeness (QED) is 0.839. The second-order valence-corrected chi connectivity index (χ2v) is 5.71. The first-order valence-corrected chi connectivity index (χ1v) is 7.54. The number of halogens is 1. The Balaban J connectivity index is 1.73. The Hall–Kier alpha value is -1.95. The average molecular weight is 307 g/mol. The van der Waals surface area contributed by atoms with Crippen LogP contribution in [0.1, 0.15) is 19.3 Å². The van der Waals surface area contributed by atoms with Gasteiger partial charge in [-0.3, -0.25) is 9.59 Å². The highest BCUT2D eigenvalue weighted by Crippen LogP contribution is 2.15. The zero-order valence-electron chi connectivity index (χ0n) is 12.8. The van der Waals surface area contributed by atoms with Gasteiger partial charge in [-0.05, 0) is 50.0 Å². The molecule has 1 aliphatic rings. The van der Waals surface area contributed by atoms with Gasteiger partial charge in [0.2, 0.25) is 11.8 Å². The molecular weight excluding hydrogens is 285 g/mol. The predicted octanol–water partition coefficient (Wildman–Crippen LogP) is 1.61. The van der Waals surface area contributed by atoms with Gasteiger partial charge in [0.15, 0.2) is 0 Å². The lowest BCUT2D eigenvalue weighted by Gasteiger charge is -2.18. The van der Waals surface area contributed by atoms with Crippen molar-refractivity contribution in [1.82, 2.24) is 10.2 Å². The van der Waals surface area contributed by atoms with E-state index in [1.165, 1.54) is 23.1 Å². The van der Waals surface area contributed by atoms with Crippen LogP contribution in [-0.2, 0) is 9.59 Å². The third-order valence-electron chi connectivity index (χ3n) is 3.84. The van der Waals surface area contributed by atoms with Crippen molar-refractivity contribution in [2.75, 3.05) is 32.0 Å². The van der Waals surface area contributed by atoms with Crippen LogP contribution in [0.3, 0.4) is 0 Å². The third-order valence-corrected chi connectivity index (χ3v) is 3.84. The van der Waals surface area contributed by atoms with Crippen LogP contribution in [0.4, 0.5) is 10.1 Å². The Morgan fingerprint density at radius 2 is 2.27 bits per heavy atom. The van der Waals surface area contributed by atoms with E-state index in [4.69, 9.17) is 0 Å². The maximum atomic E-state index is 13.0. The van der Waals surface area contributed by atoms with Crippen LogP contribution in [-0.4, -0.2) is 43.4 Å². The number of rotatable bonds is 6. The van der Waals surface area contributed by atoms with Gasteiger partial charge < -0.3 is 15.5 Å². The number of amides is 2. The third kappa shape index (κ3) is 5.11. The molecule has 0 bridgehead atoms. The molecule has 0 aromatic heterocycles. The van der Waals surface area contributed by atoms with Gasteiger partial charge in [0.05, 0.1) is 6.54 Å². The van der Waals surface area contributed by atoms with E-state index in [0.717, 1.165) is 25.9 Å². The SMILES string of the molecule is CN(CC(=O)Nc1cccc(F)c1)C(=O)CCC1CCNC1. The molecule has 0 radical (unpaired) electrons. The van der Waals surface area contributed by atoms with Crippen molar-refractivity contribution < 1.29 is 14.0 Å². The minimum Gasteiger partial charge on any atom is -0.336 e. The lowest BCUT2D eigenvalue weighted by atomic mass is 10.0. The molecular formula is C16H22FN3O2. The van der Waals surface area contributed by atoms with Crippen molar-refractivity contribution in [2.45, 2.75) is 19.3 Å². The molecule has 5 nitrogen and oxygen atoms in total. The second-order valence-electron chi connectivity index (χ2n) is 5.71. The van der Waals surface area contributed by atoms with Gasteiger partial charge in [0.1, 0.15) is 5.82 Å². The fourth-order valence-corrected chi connectivity index (χ4v) is 2.55. The first-order valence-electron chi connectivity index (χ1n) is 7.54. The highest BCUT2D eigenvalue weighted by Gasteiger charge is 2.18. The lowest BCUT2D eigenvalue weighted by molar-refractivity contribution is -0.133. The zero-order valence-corrected chi connectivity index (χ0v) is 12.8. The molecule has 1 fully saturated rings. The van der Waals surface area contributed by atoms with Gasteiger partial charge in [-0.25, -0.2) is 4.39 Å². The molecule has 1 aromatic carbocycles. The zero-order chi connectivity index (χ0) is 15.9. The van der Waals surface area contributed by atoms with Gasteiger partial charge >= 0.3 is 0 Å². The molecule has 2 rings (SSSR count). The van der Waals surface area contributed by atoms with E-state index in [9.17, 15) is 14.0 Å². The number of nitrogens with zero attached hydrogens (tertiary/aromatic N) is 1. The molecule has 1 aromatic rings. The summed E-state index contributed by atoms with van der Waals surface area (Å²) in [7, 11) is 1.61. The molecule has 1 atom stereocenters. The number of nitrogens with one attached hydrogen (secondary N) is 2. The van der Waals surface area contributed by atoms with Gasteiger partial charge in [-0.2, -0.15) is 0 Å². The monoisotopic (exact) mass is 307 g/mol. The predicted molar refractivity (Wildman–Crippen MR) is 82.9 cm³/mol. The van der Waals surface area contributed by atoms with Crippen molar-refractivity contribution in [1.29, 1.82) is 0 Å². The molecule has 0 aliphatic carbocycles. The van der Waals surface area contributed by atoms with Crippen LogP contribution in [0.25, 0.3) is 0 Å². The van der Waals surface area contributed by atoms with Crippen LogP contribution in [0.5, 0.6) is 0 Å². The minimum atomic E-state index is -0.410. The highest BCUT2D eigenvalue weighted by atomic mass is 19.1. The van der Waals surface area contributed by atoms with E-state index in [2.05, 4.69) is 10.6 Å². The Bertz CT molecular complexity index is 530. The number of carbonyl (C=O) groups excluding carboxylic acids is 2. The van der Waals surface area contributed by atoms with Crippen LogP contribution in [0.2, 0.25) is 0 Å². The summed E-state index contributed by atoms with van der Waals surface area (Å²) in [6.45, 7) is 1.96. The highest BCUT2D eigenvalue weighted by molar-refractivity contribution is 5.94. The molecule has 2 N–H and O–H groups in total. The number of hydrogen-bond donors (Lipinski definition) is 2. The molecule has 0 spiro atoms. The summed E-state index contributed by atoms with van der Waals surface area (Å²) in [4.78, 5) is 25.3. The molecule has 1 saturated heterocycles. The van der Waals surface area contributed by atoms with Crippen LogP contribution < -0.4 is 10.6 Å². The number of anilines is 1. The molecule has 1 heterocycles. The van der Waals surface area contributed by atoms with Gasteiger partial charge in [0.25, 0.3) is 0 Å². The van der Waals surface area contributed by atoms with Crippen LogP contribution >= 0.6 is 0 Å². The first kappa shape index (κ1) is 16.4. The molecule has 22 heavy (non-hydrogen) atoms. The molecule has 1 unspecified atom stereocenters. The molecule has 1 aliphatic heterocycles. The van der Waals surface area contributed by atoms with Crippen molar-refractivity contribution in [2.24, 2.45) is 5.92 Å². The Morgan fingerprint density at radius 3 is 2.95 bits per heavy atom. The fourth-order valence-electron chi connectivity index (χ4n) is 2.55. The molecule has 120 valence electrons. The largest absolute Gasteiger partial charge is 0.336 e. The summed E-state index contributed by atoms with van der Waals surface area (Å²) in [5.41, 5.74) is 0.392. The molecule has 2 amide bonds. The van der Waals surface area contributed by atoms with Crippen molar-refractivity contribution in [3.63, 3.8) is 0 Å². The van der Waals surface area contributed by atoms with Crippen LogP contribution in [0.15, 0.2) is 24.3 Å². The van der Waals surface area contributed by atoms with Gasteiger partial charge in [-0.15, -0.1) is 0 Å². The average Bonchev–Trinajstić information content (AvgIpc) is 2.97. The van der Waals surface area contributed by atoms with E-state index in [-0.39, 0.29) is 18.4 Å². The normalized spacial score (nSPS) is 17.3. The second kappa shape index (κ2) is 7.89. The fraction of sp³-hybridized carbons (Fsp3) is 0.500. The van der Waals surface area contributed by atoms with E-state index < -0.39 is 5.82 Å². The number of likely N-dealkylation sites (N-methyl/N-ethyl adjacent to an activating group) is 1. The van der Waals surface area contributed by atoms with E-state index in [1.807, 2.05) is 0 Å². The first-order chi connectivity index (χ1) is 10.5. The van der Waals surface area contributed by atoms with Gasteiger partial charge in [-0.1, -0.05) is 6.07 Å². The Labute approximate surface area is 129 Å². The minimum absolute atomic E-state index is 0.0295. The van der Waals surface area contributed by atoms with E-state index >= 15 is 0 Å². The summed E-state index contributed by atoms with van der Waals surface area (Å²) in [6.07, 6.45) is 2.41. The maximum Gasteiger partial charge on any atom is 0.243 e. The maximum absolute atomic E-state index is 13.0. The summed E-state index contributed by atoms with van der Waals surface area (Å²) in [5.74, 6) is -0.226. The summed E-state index contributed by atoms with van der Waals surface area (Å²) < 4.78 is 13.0. The Morgan fingerprint density at radius 1 is 1.45 bits per heavy atom. The molecule has 6 heteroatoms. The smallest absolute Gasteiger partial charge is 0.243 e. The molecule has 0 saturated carbocycles. The number of benzene rings is 1.